The normalized spacial score (nSPS) is 9.85. The molecular weight excluding hydrogens is 256 g/mol. The minimum atomic E-state index is -0.622. The number of hydrogen-bond donors (Lipinski definition) is 1. The molecule has 1 heterocycles. The first kappa shape index (κ1) is 13.6. The Hall–Kier alpha value is -2.82. The summed E-state index contributed by atoms with van der Waals surface area (Å²) in [6, 6.07) is 9.23. The fourth-order valence-electron chi connectivity index (χ4n) is 1.71. The Morgan fingerprint density at radius 3 is 2.25 bits per heavy atom. The van der Waals surface area contributed by atoms with Gasteiger partial charge in [0.2, 0.25) is 17.5 Å². The van der Waals surface area contributed by atoms with Gasteiger partial charge < -0.3 is 5.32 Å². The lowest BCUT2D eigenvalue weighted by molar-refractivity contribution is -0.114. The van der Waals surface area contributed by atoms with Crippen molar-refractivity contribution in [3.05, 3.63) is 59.9 Å². The molecule has 0 aliphatic heterocycles. The molecule has 1 aromatic heterocycles. The van der Waals surface area contributed by atoms with Gasteiger partial charge in [0.15, 0.2) is 0 Å². The number of nitrogens with zero attached hydrogens (tertiary/aromatic N) is 1. The van der Waals surface area contributed by atoms with Crippen LogP contribution in [0.2, 0.25) is 0 Å². The number of hydrogen-bond acceptors (Lipinski definition) is 4. The van der Waals surface area contributed by atoms with Crippen molar-refractivity contribution in [3.63, 3.8) is 0 Å². The van der Waals surface area contributed by atoms with Crippen LogP contribution in [0, 0.1) is 0 Å². The maximum Gasteiger partial charge on any atom is 0.233 e. The number of pyridine rings is 1. The molecule has 0 fully saturated rings. The Morgan fingerprint density at radius 2 is 1.60 bits per heavy atom. The van der Waals surface area contributed by atoms with Crippen molar-refractivity contribution >= 4 is 23.2 Å². The van der Waals surface area contributed by atoms with E-state index in [2.05, 4.69) is 10.3 Å². The highest BCUT2D eigenvalue weighted by Gasteiger charge is 2.18. The van der Waals surface area contributed by atoms with Gasteiger partial charge in [0.1, 0.15) is 0 Å². The van der Waals surface area contributed by atoms with Crippen LogP contribution in [0.15, 0.2) is 48.8 Å². The Kier molecular flexibility index (Phi) is 4.00. The zero-order chi connectivity index (χ0) is 14.5. The van der Waals surface area contributed by atoms with Crippen molar-refractivity contribution < 1.29 is 14.4 Å². The van der Waals surface area contributed by atoms with Gasteiger partial charge in [-0.25, -0.2) is 0 Å². The summed E-state index contributed by atoms with van der Waals surface area (Å²) in [6.45, 7) is 1.37. The average Bonchev–Trinajstić information content (AvgIpc) is 2.46. The van der Waals surface area contributed by atoms with Crippen LogP contribution in [-0.4, -0.2) is 22.5 Å². The van der Waals surface area contributed by atoms with E-state index in [1.54, 1.807) is 12.1 Å². The predicted molar refractivity (Wildman–Crippen MR) is 73.6 cm³/mol. The third kappa shape index (κ3) is 3.14. The number of carbonyl (C=O) groups is 3. The van der Waals surface area contributed by atoms with Gasteiger partial charge in [0.25, 0.3) is 0 Å². The third-order valence-corrected chi connectivity index (χ3v) is 2.59. The Balaban J connectivity index is 2.25. The molecule has 2 rings (SSSR count). The van der Waals surface area contributed by atoms with Crippen LogP contribution < -0.4 is 5.32 Å². The second-order valence-corrected chi connectivity index (χ2v) is 4.16. The number of amides is 1. The molecule has 2 aromatic rings. The van der Waals surface area contributed by atoms with Crippen LogP contribution in [0.4, 0.5) is 5.69 Å². The number of carbonyl (C=O) groups excluding carboxylic acids is 3. The number of ketones is 2. The van der Waals surface area contributed by atoms with E-state index in [1.165, 1.54) is 43.6 Å². The summed E-state index contributed by atoms with van der Waals surface area (Å²) in [4.78, 5) is 38.9. The molecule has 0 bridgehead atoms. The van der Waals surface area contributed by atoms with E-state index in [-0.39, 0.29) is 17.0 Å². The van der Waals surface area contributed by atoms with Crippen molar-refractivity contribution in [2.45, 2.75) is 6.92 Å². The van der Waals surface area contributed by atoms with Gasteiger partial charge in [-0.3, -0.25) is 19.4 Å². The van der Waals surface area contributed by atoms with E-state index in [4.69, 9.17) is 0 Å². The van der Waals surface area contributed by atoms with Crippen LogP contribution in [0.5, 0.6) is 0 Å². The second-order valence-electron chi connectivity index (χ2n) is 4.16. The summed E-state index contributed by atoms with van der Waals surface area (Å²) in [5, 5.41) is 2.57. The van der Waals surface area contributed by atoms with E-state index in [1.807, 2.05) is 0 Å². The number of Topliss-reactive ketones (excluding diaryl/α,β-unsaturated/α-hetero) is 2. The molecule has 0 saturated carbocycles. The maximum atomic E-state index is 12.1. The van der Waals surface area contributed by atoms with Gasteiger partial charge in [-0.15, -0.1) is 0 Å². The number of benzene rings is 1. The zero-order valence-electron chi connectivity index (χ0n) is 10.8. The first-order valence-electron chi connectivity index (χ1n) is 5.94. The summed E-state index contributed by atoms with van der Waals surface area (Å²) in [5.41, 5.74) is 0.999. The summed E-state index contributed by atoms with van der Waals surface area (Å²) >= 11 is 0. The molecule has 1 amide bonds. The largest absolute Gasteiger partial charge is 0.326 e. The fourth-order valence-corrected chi connectivity index (χ4v) is 1.71. The molecule has 5 heteroatoms. The average molecular weight is 268 g/mol. The number of anilines is 1. The minimum Gasteiger partial charge on any atom is -0.326 e. The van der Waals surface area contributed by atoms with Crippen LogP contribution >= 0.6 is 0 Å². The topological polar surface area (TPSA) is 76.1 Å². The van der Waals surface area contributed by atoms with E-state index in [9.17, 15) is 14.4 Å². The zero-order valence-corrected chi connectivity index (χ0v) is 10.8. The molecule has 1 aromatic carbocycles. The highest BCUT2D eigenvalue weighted by atomic mass is 16.2. The molecule has 5 nitrogen and oxygen atoms in total. The molecular formula is C15H12N2O3. The highest BCUT2D eigenvalue weighted by molar-refractivity contribution is 6.49. The van der Waals surface area contributed by atoms with Crippen LogP contribution in [-0.2, 0) is 4.79 Å². The Labute approximate surface area is 115 Å². The highest BCUT2D eigenvalue weighted by Crippen LogP contribution is 2.13. The van der Waals surface area contributed by atoms with Crippen molar-refractivity contribution in [3.8, 4) is 0 Å². The first-order valence-corrected chi connectivity index (χ1v) is 5.94. The molecule has 0 radical (unpaired) electrons. The third-order valence-electron chi connectivity index (χ3n) is 2.59. The molecule has 0 unspecified atom stereocenters. The molecule has 0 spiro atoms. The standard InChI is InChI=1S/C15H12N2O3/c1-10(18)17-13-4-2-3-12(9-13)15(20)14(19)11-5-7-16-8-6-11/h2-9H,1H3,(H,17,18). The smallest absolute Gasteiger partial charge is 0.233 e. The van der Waals surface area contributed by atoms with Crippen molar-refractivity contribution in [2.75, 3.05) is 5.32 Å². The van der Waals surface area contributed by atoms with Crippen LogP contribution in [0.25, 0.3) is 0 Å². The molecule has 0 atom stereocenters. The quantitative estimate of drug-likeness (QED) is 0.680. The van der Waals surface area contributed by atoms with Crippen LogP contribution in [0.3, 0.4) is 0 Å². The molecule has 1 N–H and O–H groups in total. The van der Waals surface area contributed by atoms with E-state index >= 15 is 0 Å². The molecule has 100 valence electrons. The van der Waals surface area contributed by atoms with Gasteiger partial charge in [-0.1, -0.05) is 12.1 Å². The van der Waals surface area contributed by atoms with Crippen LogP contribution in [0.1, 0.15) is 27.6 Å². The van der Waals surface area contributed by atoms with Gasteiger partial charge in [-0.2, -0.15) is 0 Å². The lowest BCUT2D eigenvalue weighted by atomic mass is 10.0. The molecule has 20 heavy (non-hydrogen) atoms. The maximum absolute atomic E-state index is 12.1. The molecule has 0 aliphatic rings. The number of aromatic nitrogens is 1. The monoisotopic (exact) mass is 268 g/mol. The first-order chi connectivity index (χ1) is 9.58. The van der Waals surface area contributed by atoms with Gasteiger partial charge in [0, 0.05) is 36.1 Å². The summed E-state index contributed by atoms with van der Waals surface area (Å²) in [7, 11) is 0. The minimum absolute atomic E-state index is 0.234. The fraction of sp³-hybridized carbons (Fsp3) is 0.0667. The van der Waals surface area contributed by atoms with Crippen molar-refractivity contribution in [1.29, 1.82) is 0 Å². The van der Waals surface area contributed by atoms with Gasteiger partial charge >= 0.3 is 0 Å². The van der Waals surface area contributed by atoms with Gasteiger partial charge in [0.05, 0.1) is 0 Å². The Morgan fingerprint density at radius 1 is 0.950 bits per heavy atom. The van der Waals surface area contributed by atoms with E-state index in [0.717, 1.165) is 0 Å². The van der Waals surface area contributed by atoms with Gasteiger partial charge in [-0.05, 0) is 24.3 Å². The van der Waals surface area contributed by atoms with E-state index < -0.39 is 11.6 Å². The summed E-state index contributed by atoms with van der Waals surface area (Å²) < 4.78 is 0. The van der Waals surface area contributed by atoms with Crippen molar-refractivity contribution in [1.82, 2.24) is 4.98 Å². The lowest BCUT2D eigenvalue weighted by Crippen LogP contribution is -2.15. The number of rotatable bonds is 4. The lowest BCUT2D eigenvalue weighted by Gasteiger charge is -2.04. The molecule has 0 aliphatic carbocycles. The molecule has 0 saturated heterocycles. The SMILES string of the molecule is CC(=O)Nc1cccc(C(=O)C(=O)c2ccncc2)c1. The van der Waals surface area contributed by atoms with Crippen molar-refractivity contribution in [2.24, 2.45) is 0 Å². The second kappa shape index (κ2) is 5.88. The summed E-state index contributed by atoms with van der Waals surface area (Å²) in [6.07, 6.45) is 2.91. The van der Waals surface area contributed by atoms with E-state index in [0.29, 0.717) is 5.69 Å². The predicted octanol–water partition coefficient (Wildman–Crippen LogP) is 2.11. The Bertz CT molecular complexity index is 666. The number of nitrogens with one attached hydrogen (secondary N) is 1. The summed E-state index contributed by atoms with van der Waals surface area (Å²) in [5.74, 6) is -1.47.